The minimum absolute atomic E-state index is 0.0869. The number of aliphatic hydroxyl groups is 2. The molecule has 0 bridgehead atoms. The highest BCUT2D eigenvalue weighted by Gasteiger charge is 2.43. The molecule has 4 N–H and O–H groups in total. The van der Waals surface area contributed by atoms with Gasteiger partial charge in [-0.25, -0.2) is 0 Å². The summed E-state index contributed by atoms with van der Waals surface area (Å²) in [7, 11) is 0. The Kier molecular flexibility index (Phi) is 4.22. The molecule has 0 aromatic heterocycles. The van der Waals surface area contributed by atoms with Gasteiger partial charge in [-0.3, -0.25) is 9.59 Å². The summed E-state index contributed by atoms with van der Waals surface area (Å²) in [5, 5.41) is 24.0. The van der Waals surface area contributed by atoms with Crippen LogP contribution < -0.4 is 10.6 Å². The van der Waals surface area contributed by atoms with Crippen molar-refractivity contribution in [2.45, 2.75) is 38.4 Å². The van der Waals surface area contributed by atoms with E-state index in [1.807, 2.05) is 0 Å². The van der Waals surface area contributed by atoms with E-state index in [-0.39, 0.29) is 18.4 Å². The molecular formula is C9H16N2O5. The van der Waals surface area contributed by atoms with E-state index in [4.69, 9.17) is 4.74 Å². The fourth-order valence-electron chi connectivity index (χ4n) is 1.55. The van der Waals surface area contributed by atoms with Crippen LogP contribution in [0.5, 0.6) is 0 Å². The molecule has 2 amide bonds. The lowest BCUT2D eigenvalue weighted by molar-refractivity contribution is -0.126. The molecule has 92 valence electrons. The van der Waals surface area contributed by atoms with Gasteiger partial charge < -0.3 is 25.6 Å². The molecule has 1 heterocycles. The SMILES string of the molecule is CC(=O)NC[C@H]1O[C@@H](O)[C@H](NC(C)=O)[C@@H]1O. The highest BCUT2D eigenvalue weighted by molar-refractivity contribution is 5.73. The zero-order valence-electron chi connectivity index (χ0n) is 9.14. The molecule has 4 atom stereocenters. The van der Waals surface area contributed by atoms with Crippen molar-refractivity contribution in [3.8, 4) is 0 Å². The summed E-state index contributed by atoms with van der Waals surface area (Å²) in [4.78, 5) is 21.5. The molecule has 7 heteroatoms. The number of amides is 2. The second kappa shape index (κ2) is 5.24. The minimum Gasteiger partial charge on any atom is -0.388 e. The third-order valence-electron chi connectivity index (χ3n) is 2.29. The predicted octanol–water partition coefficient (Wildman–Crippen LogP) is -2.29. The number of nitrogens with one attached hydrogen (secondary N) is 2. The number of aliphatic hydroxyl groups excluding tert-OH is 2. The highest BCUT2D eigenvalue weighted by atomic mass is 16.6. The van der Waals surface area contributed by atoms with Gasteiger partial charge in [0.1, 0.15) is 18.2 Å². The Balaban J connectivity index is 2.52. The summed E-state index contributed by atoms with van der Waals surface area (Å²) in [5.74, 6) is -0.625. The molecule has 0 aliphatic carbocycles. The van der Waals surface area contributed by atoms with E-state index >= 15 is 0 Å². The number of hydrogen-bond donors (Lipinski definition) is 4. The Morgan fingerprint density at radius 1 is 1.25 bits per heavy atom. The summed E-state index contributed by atoms with van der Waals surface area (Å²) in [5.41, 5.74) is 0. The summed E-state index contributed by atoms with van der Waals surface area (Å²) < 4.78 is 5.01. The number of carbonyl (C=O) groups is 2. The van der Waals surface area contributed by atoms with E-state index in [9.17, 15) is 19.8 Å². The van der Waals surface area contributed by atoms with Gasteiger partial charge in [0.05, 0.1) is 0 Å². The third-order valence-corrected chi connectivity index (χ3v) is 2.29. The van der Waals surface area contributed by atoms with E-state index in [0.717, 1.165) is 0 Å². The lowest BCUT2D eigenvalue weighted by Gasteiger charge is -2.18. The Labute approximate surface area is 92.8 Å². The average Bonchev–Trinajstić information content (AvgIpc) is 2.42. The van der Waals surface area contributed by atoms with Crippen molar-refractivity contribution in [1.29, 1.82) is 0 Å². The van der Waals surface area contributed by atoms with E-state index < -0.39 is 24.5 Å². The maximum absolute atomic E-state index is 10.8. The highest BCUT2D eigenvalue weighted by Crippen LogP contribution is 2.19. The summed E-state index contributed by atoms with van der Waals surface area (Å²) in [6.07, 6.45) is -3.04. The predicted molar refractivity (Wildman–Crippen MR) is 53.2 cm³/mol. The molecule has 0 aromatic carbocycles. The van der Waals surface area contributed by atoms with E-state index in [2.05, 4.69) is 10.6 Å². The van der Waals surface area contributed by atoms with Gasteiger partial charge in [0.25, 0.3) is 0 Å². The third kappa shape index (κ3) is 3.16. The topological polar surface area (TPSA) is 108 Å². The van der Waals surface area contributed by atoms with Crippen molar-refractivity contribution in [1.82, 2.24) is 10.6 Å². The minimum atomic E-state index is -1.27. The second-order valence-corrected chi connectivity index (χ2v) is 3.72. The van der Waals surface area contributed by atoms with Crippen molar-refractivity contribution in [2.75, 3.05) is 6.54 Å². The Morgan fingerprint density at radius 3 is 2.38 bits per heavy atom. The van der Waals surface area contributed by atoms with Crippen LogP contribution in [0.2, 0.25) is 0 Å². The summed E-state index contributed by atoms with van der Waals surface area (Å²) in [6, 6.07) is -0.865. The maximum atomic E-state index is 10.8. The fourth-order valence-corrected chi connectivity index (χ4v) is 1.55. The number of ether oxygens (including phenoxy) is 1. The van der Waals surface area contributed by atoms with Crippen molar-refractivity contribution in [3.05, 3.63) is 0 Å². The van der Waals surface area contributed by atoms with Crippen molar-refractivity contribution < 1.29 is 24.5 Å². The average molecular weight is 232 g/mol. The standard InChI is InChI=1S/C9H16N2O5/c1-4(12)10-3-6-8(14)7(9(15)16-6)11-5(2)13/h6-9,14-15H,3H2,1-2H3,(H,10,12)(H,11,13)/t6-,7-,8-,9-/m1/s1. The molecule has 1 aliphatic rings. The van der Waals surface area contributed by atoms with Crippen molar-refractivity contribution >= 4 is 11.8 Å². The first-order valence-corrected chi connectivity index (χ1v) is 4.95. The Bertz CT molecular complexity index is 283. The fraction of sp³-hybridized carbons (Fsp3) is 0.778. The largest absolute Gasteiger partial charge is 0.388 e. The van der Waals surface area contributed by atoms with Gasteiger partial charge in [-0.15, -0.1) is 0 Å². The molecule has 0 spiro atoms. The van der Waals surface area contributed by atoms with Crippen LogP contribution in [0.1, 0.15) is 13.8 Å². The van der Waals surface area contributed by atoms with Crippen LogP contribution in [0.15, 0.2) is 0 Å². The van der Waals surface area contributed by atoms with E-state index in [0.29, 0.717) is 0 Å². The van der Waals surface area contributed by atoms with Crippen LogP contribution in [-0.2, 0) is 14.3 Å². The molecule has 0 aromatic rings. The molecule has 16 heavy (non-hydrogen) atoms. The number of rotatable bonds is 3. The molecule has 1 saturated heterocycles. The van der Waals surface area contributed by atoms with Gasteiger partial charge in [-0.1, -0.05) is 0 Å². The van der Waals surface area contributed by atoms with Crippen molar-refractivity contribution in [3.63, 3.8) is 0 Å². The number of carbonyl (C=O) groups excluding carboxylic acids is 2. The monoisotopic (exact) mass is 232 g/mol. The van der Waals surface area contributed by atoms with Crippen LogP contribution in [0.25, 0.3) is 0 Å². The lowest BCUT2D eigenvalue weighted by Crippen LogP contribution is -2.48. The maximum Gasteiger partial charge on any atom is 0.217 e. The smallest absolute Gasteiger partial charge is 0.217 e. The molecule has 0 saturated carbocycles. The van der Waals surface area contributed by atoms with E-state index in [1.54, 1.807) is 0 Å². The zero-order valence-corrected chi connectivity index (χ0v) is 9.14. The van der Waals surface area contributed by atoms with Crippen LogP contribution in [0, 0.1) is 0 Å². The van der Waals surface area contributed by atoms with Gasteiger partial charge in [-0.2, -0.15) is 0 Å². The van der Waals surface area contributed by atoms with E-state index in [1.165, 1.54) is 13.8 Å². The Morgan fingerprint density at radius 2 is 1.88 bits per heavy atom. The van der Waals surface area contributed by atoms with Gasteiger partial charge in [0.15, 0.2) is 6.29 Å². The van der Waals surface area contributed by atoms with Gasteiger partial charge >= 0.3 is 0 Å². The number of hydrogen-bond acceptors (Lipinski definition) is 5. The van der Waals surface area contributed by atoms with Gasteiger partial charge in [0, 0.05) is 20.4 Å². The molecular weight excluding hydrogens is 216 g/mol. The normalized spacial score (nSPS) is 33.5. The second-order valence-electron chi connectivity index (χ2n) is 3.72. The van der Waals surface area contributed by atoms with Gasteiger partial charge in [0.2, 0.25) is 11.8 Å². The van der Waals surface area contributed by atoms with Crippen LogP contribution in [0.4, 0.5) is 0 Å². The van der Waals surface area contributed by atoms with Crippen LogP contribution in [-0.4, -0.2) is 53.1 Å². The Hall–Kier alpha value is -1.18. The lowest BCUT2D eigenvalue weighted by atomic mass is 10.1. The van der Waals surface area contributed by atoms with Crippen LogP contribution >= 0.6 is 0 Å². The quantitative estimate of drug-likeness (QED) is 0.438. The first-order valence-electron chi connectivity index (χ1n) is 4.95. The molecule has 1 aliphatic heterocycles. The summed E-state index contributed by atoms with van der Waals surface area (Å²) >= 11 is 0. The molecule has 1 rings (SSSR count). The van der Waals surface area contributed by atoms with Crippen molar-refractivity contribution in [2.24, 2.45) is 0 Å². The van der Waals surface area contributed by atoms with Gasteiger partial charge in [-0.05, 0) is 0 Å². The molecule has 7 nitrogen and oxygen atoms in total. The first kappa shape index (κ1) is 12.9. The summed E-state index contributed by atoms with van der Waals surface area (Å²) in [6.45, 7) is 2.70. The first-order chi connectivity index (χ1) is 7.41. The molecule has 0 unspecified atom stereocenters. The zero-order chi connectivity index (χ0) is 12.3. The molecule has 1 fully saturated rings. The van der Waals surface area contributed by atoms with Crippen LogP contribution in [0.3, 0.4) is 0 Å². The molecule has 0 radical (unpaired) electrons.